The molecule has 2 N–H and O–H groups in total. The Morgan fingerprint density at radius 1 is 0.816 bits per heavy atom. The van der Waals surface area contributed by atoms with E-state index in [1.807, 2.05) is 6.92 Å². The number of nitrogens with zero attached hydrogens (tertiary/aromatic N) is 2. The first-order valence-electron chi connectivity index (χ1n) is 11.1. The fourth-order valence-corrected chi connectivity index (χ4v) is 7.16. The Bertz CT molecular complexity index is 1360. The third-order valence-corrected chi connectivity index (χ3v) is 9.39. The zero-order valence-electron chi connectivity index (χ0n) is 21.6. The summed E-state index contributed by atoms with van der Waals surface area (Å²) in [7, 11) is -5.35. The van der Waals surface area contributed by atoms with Crippen molar-refractivity contribution in [1.82, 2.24) is 0 Å². The van der Waals surface area contributed by atoms with E-state index >= 15 is 0 Å². The van der Waals surface area contributed by atoms with Gasteiger partial charge < -0.3 is 20.4 Å². The van der Waals surface area contributed by atoms with E-state index in [2.05, 4.69) is 0 Å². The minimum Gasteiger partial charge on any atom is -0.727 e. The van der Waals surface area contributed by atoms with Crippen LogP contribution in [0.25, 0.3) is 0 Å². The second-order valence-corrected chi connectivity index (χ2v) is 12.3. The van der Waals surface area contributed by atoms with Gasteiger partial charge in [0.15, 0.2) is 0 Å². The molecule has 2 fully saturated rings. The number of anilines is 2. The first-order valence-corrected chi connectivity index (χ1v) is 14.3. The SMILES string of the molecule is COC(=O)c1cc(C)ccc1N1CCCS1(=O)=O.Cc1ccc(N2CCCS2(=O)=O)c(C(=O)O)c1.[Li+].[O-]O. The topological polar surface area (TPSA) is 182 Å². The molecule has 15 heteroatoms. The van der Waals surface area contributed by atoms with Crippen LogP contribution in [0.2, 0.25) is 0 Å². The first kappa shape index (κ1) is 33.4. The Labute approximate surface area is 234 Å². The zero-order chi connectivity index (χ0) is 28.0. The number of aromatic carboxylic acids is 1. The van der Waals surface area contributed by atoms with Crippen molar-refractivity contribution in [1.29, 1.82) is 0 Å². The van der Waals surface area contributed by atoms with Gasteiger partial charge in [-0.05, 0) is 51.0 Å². The summed E-state index contributed by atoms with van der Waals surface area (Å²) in [6.07, 6.45) is 1.12. The smallest absolute Gasteiger partial charge is 0.727 e. The van der Waals surface area contributed by atoms with E-state index in [0.29, 0.717) is 37.2 Å². The largest absolute Gasteiger partial charge is 1.00 e. The number of carbonyl (C=O) groups is 2. The Balaban J connectivity index is 0.000000349. The monoisotopic (exact) mass is 564 g/mol. The normalized spacial score (nSPS) is 16.8. The fraction of sp³-hybridized carbons (Fsp3) is 0.391. The fourth-order valence-electron chi connectivity index (χ4n) is 4.00. The van der Waals surface area contributed by atoms with Crippen molar-refractivity contribution in [2.24, 2.45) is 0 Å². The minimum absolute atomic E-state index is 0. The van der Waals surface area contributed by atoms with Crippen molar-refractivity contribution >= 4 is 43.4 Å². The molecular weight excluding hydrogens is 535 g/mol. The molecule has 0 spiro atoms. The number of sulfonamides is 2. The molecule has 0 atom stereocenters. The summed E-state index contributed by atoms with van der Waals surface area (Å²) in [5.41, 5.74) is 2.68. The van der Waals surface area contributed by atoms with Crippen molar-refractivity contribution in [3.05, 3.63) is 58.7 Å². The van der Waals surface area contributed by atoms with Crippen molar-refractivity contribution in [2.75, 3.05) is 40.3 Å². The summed E-state index contributed by atoms with van der Waals surface area (Å²) in [5.74, 6) is -1.41. The molecule has 2 aliphatic rings. The van der Waals surface area contributed by atoms with E-state index in [1.165, 1.54) is 21.8 Å². The maximum Gasteiger partial charge on any atom is 1.00 e. The van der Waals surface area contributed by atoms with Gasteiger partial charge in [0.05, 0.1) is 41.1 Å². The van der Waals surface area contributed by atoms with Crippen LogP contribution >= 0.6 is 0 Å². The van der Waals surface area contributed by atoms with E-state index in [0.717, 1.165) is 11.1 Å². The van der Waals surface area contributed by atoms with Gasteiger partial charge in [-0.2, -0.15) is 0 Å². The van der Waals surface area contributed by atoms with Crippen LogP contribution in [0, 0.1) is 13.8 Å². The summed E-state index contributed by atoms with van der Waals surface area (Å²) >= 11 is 0. The van der Waals surface area contributed by atoms with Gasteiger partial charge in [-0.3, -0.25) is 8.61 Å². The summed E-state index contributed by atoms with van der Waals surface area (Å²) in [6, 6.07) is 9.86. The van der Waals surface area contributed by atoms with Crippen LogP contribution in [-0.2, 0) is 24.8 Å². The van der Waals surface area contributed by atoms with Gasteiger partial charge >= 0.3 is 30.8 Å². The van der Waals surface area contributed by atoms with E-state index in [1.54, 1.807) is 37.3 Å². The molecule has 2 heterocycles. The van der Waals surface area contributed by atoms with Crippen molar-refractivity contribution in [3.8, 4) is 0 Å². The van der Waals surface area contributed by atoms with E-state index in [9.17, 15) is 26.4 Å². The van der Waals surface area contributed by atoms with Crippen molar-refractivity contribution in [3.63, 3.8) is 0 Å². The van der Waals surface area contributed by atoms with Gasteiger partial charge in [-0.15, -0.1) is 0 Å². The zero-order valence-corrected chi connectivity index (χ0v) is 23.2. The van der Waals surface area contributed by atoms with E-state index < -0.39 is 32.0 Å². The van der Waals surface area contributed by atoms with Crippen LogP contribution < -0.4 is 32.7 Å². The number of ether oxygens (including phenoxy) is 1. The Hall–Kier alpha value is -2.60. The molecule has 0 bridgehead atoms. The number of carboxylic acids is 1. The number of hydrogen-bond donors (Lipinski definition) is 2. The predicted molar refractivity (Wildman–Crippen MR) is 135 cm³/mol. The predicted octanol–water partition coefficient (Wildman–Crippen LogP) is -1.62. The van der Waals surface area contributed by atoms with Crippen LogP contribution in [0.5, 0.6) is 0 Å². The molecule has 12 nitrogen and oxygen atoms in total. The molecule has 2 aromatic rings. The first-order chi connectivity index (χ1) is 17.4. The molecule has 2 aliphatic heterocycles. The molecule has 0 unspecified atom stereocenters. The third kappa shape index (κ3) is 7.72. The Morgan fingerprint density at radius 3 is 1.55 bits per heavy atom. The standard InChI is InChI=1S/C12H15NO4S.C11H13NO4S.Li.H2O2/c1-9-4-5-11(10(8-9)12(14)17-2)13-6-3-7-18(13,15)16;1-8-3-4-10(9(7-8)11(13)14)12-5-2-6-17(12,15)16;;1-2/h4-5,8H,3,6-7H2,1-2H3;3-4,7H,2,5-6H2,1H3,(H,13,14);;1-2H/q;;+1;/p-1. The van der Waals surface area contributed by atoms with Gasteiger partial charge in [-0.1, -0.05) is 23.3 Å². The quantitative estimate of drug-likeness (QED) is 0.189. The second kappa shape index (κ2) is 14.0. The second-order valence-electron chi connectivity index (χ2n) is 8.32. The number of methoxy groups -OCH3 is 1. The van der Waals surface area contributed by atoms with Crippen LogP contribution in [0.4, 0.5) is 11.4 Å². The molecule has 0 aliphatic carbocycles. The molecule has 2 saturated heterocycles. The Morgan fingerprint density at radius 2 is 1.21 bits per heavy atom. The number of carboxylic acid groups (broad SMARTS) is 1. The van der Waals surface area contributed by atoms with Crippen LogP contribution in [0.1, 0.15) is 44.7 Å². The maximum absolute atomic E-state index is 11.9. The molecule has 204 valence electrons. The van der Waals surface area contributed by atoms with Gasteiger partial charge in [0.25, 0.3) is 0 Å². The maximum atomic E-state index is 11.9. The van der Waals surface area contributed by atoms with Crippen LogP contribution in [-0.4, -0.2) is 70.8 Å². The van der Waals surface area contributed by atoms with E-state index in [4.69, 9.17) is 20.4 Å². The summed E-state index contributed by atoms with van der Waals surface area (Å²) < 4.78 is 54.5. The molecule has 2 aromatic carbocycles. The summed E-state index contributed by atoms with van der Waals surface area (Å²) in [6.45, 7) is 4.38. The number of rotatable bonds is 4. The van der Waals surface area contributed by atoms with Gasteiger partial charge in [0.2, 0.25) is 20.0 Å². The van der Waals surface area contributed by atoms with E-state index in [-0.39, 0.29) is 41.6 Å². The molecule has 0 aromatic heterocycles. The molecule has 38 heavy (non-hydrogen) atoms. The Kier molecular flexibility index (Phi) is 12.3. The molecule has 0 radical (unpaired) electrons. The number of carbonyl (C=O) groups excluding carboxylic acids is 1. The van der Waals surface area contributed by atoms with Crippen molar-refractivity contribution < 1.29 is 65.6 Å². The summed E-state index contributed by atoms with van der Waals surface area (Å²) in [4.78, 5) is 22.8. The van der Waals surface area contributed by atoms with Gasteiger partial charge in [0.1, 0.15) is 0 Å². The number of benzene rings is 2. The van der Waals surface area contributed by atoms with Crippen molar-refractivity contribution in [2.45, 2.75) is 26.7 Å². The molecule has 0 amide bonds. The molecule has 0 saturated carbocycles. The third-order valence-electron chi connectivity index (χ3n) is 5.68. The average molecular weight is 565 g/mol. The van der Waals surface area contributed by atoms with Gasteiger partial charge in [0, 0.05) is 13.1 Å². The average Bonchev–Trinajstić information content (AvgIpc) is 3.40. The van der Waals surface area contributed by atoms with Crippen LogP contribution in [0.3, 0.4) is 0 Å². The number of aryl methyl sites for hydroxylation is 2. The summed E-state index contributed by atoms with van der Waals surface area (Å²) in [5, 5.41) is 22.1. The minimum atomic E-state index is -3.34. The number of esters is 1. The number of hydrogen-bond acceptors (Lipinski definition) is 9. The van der Waals surface area contributed by atoms with Gasteiger partial charge in [-0.25, -0.2) is 26.4 Å². The molecular formula is C23H29LiN2O10S2. The van der Waals surface area contributed by atoms with Crippen LogP contribution in [0.15, 0.2) is 36.4 Å². The molecule has 4 rings (SSSR count).